The molecule has 4 atom stereocenters. The summed E-state index contributed by atoms with van der Waals surface area (Å²) in [4.78, 5) is 21.9. The second-order valence-corrected chi connectivity index (χ2v) is 4.64. The van der Waals surface area contributed by atoms with E-state index in [0.717, 1.165) is 0 Å². The van der Waals surface area contributed by atoms with Crippen molar-refractivity contribution >= 4 is 11.8 Å². The van der Waals surface area contributed by atoms with Crippen LogP contribution in [0.1, 0.15) is 34.1 Å². The number of Topliss-reactive ketones (excluding diaryl/α,β-unsaturated/α-hetero) is 1. The van der Waals surface area contributed by atoms with Crippen molar-refractivity contribution in [3.63, 3.8) is 0 Å². The molecule has 4 unspecified atom stereocenters. The highest BCUT2D eigenvalue weighted by atomic mass is 16.6. The summed E-state index contributed by atoms with van der Waals surface area (Å²) in [6.45, 7) is 7.43. The molecule has 4 heteroatoms. The molecule has 1 aliphatic rings. The highest BCUT2D eigenvalue weighted by Crippen LogP contribution is 2.30. The van der Waals surface area contributed by atoms with E-state index in [0.29, 0.717) is 13.0 Å². The van der Waals surface area contributed by atoms with E-state index in [1.165, 1.54) is 6.92 Å². The molecule has 4 nitrogen and oxygen atoms in total. The number of rotatable bonds is 3. The molecule has 92 valence electrons. The lowest BCUT2D eigenvalue weighted by atomic mass is 9.82. The fraction of sp³-hybridized carbons (Fsp3) is 0.833. The molecule has 0 spiro atoms. The lowest BCUT2D eigenvalue weighted by Crippen LogP contribution is -2.45. The third-order valence-electron chi connectivity index (χ3n) is 3.28. The van der Waals surface area contributed by atoms with Gasteiger partial charge in [0, 0.05) is 19.3 Å². The average molecular weight is 228 g/mol. The Bertz CT molecular complexity index is 246. The molecule has 0 aromatic carbocycles. The van der Waals surface area contributed by atoms with E-state index < -0.39 is 0 Å². The molecule has 0 amide bonds. The molecule has 1 saturated heterocycles. The number of ketones is 1. The minimum Gasteiger partial charge on any atom is -0.460 e. The monoisotopic (exact) mass is 228 g/mol. The first-order chi connectivity index (χ1) is 7.41. The summed E-state index contributed by atoms with van der Waals surface area (Å²) in [6, 6.07) is 0. The van der Waals surface area contributed by atoms with Crippen molar-refractivity contribution < 1.29 is 19.1 Å². The molecule has 1 heterocycles. The molecule has 0 radical (unpaired) electrons. The van der Waals surface area contributed by atoms with Crippen LogP contribution in [0.3, 0.4) is 0 Å². The van der Waals surface area contributed by atoms with E-state index in [-0.39, 0.29) is 35.8 Å². The van der Waals surface area contributed by atoms with Crippen molar-refractivity contribution in [1.82, 2.24) is 0 Å². The van der Waals surface area contributed by atoms with E-state index >= 15 is 0 Å². The molecule has 16 heavy (non-hydrogen) atoms. The van der Waals surface area contributed by atoms with Gasteiger partial charge in [0.15, 0.2) is 0 Å². The van der Waals surface area contributed by atoms with Gasteiger partial charge >= 0.3 is 5.97 Å². The molecule has 1 rings (SSSR count). The quantitative estimate of drug-likeness (QED) is 0.688. The Hall–Kier alpha value is -0.900. The summed E-state index contributed by atoms with van der Waals surface area (Å²) in [5.41, 5.74) is 0. The van der Waals surface area contributed by atoms with Gasteiger partial charge < -0.3 is 9.47 Å². The summed E-state index contributed by atoms with van der Waals surface area (Å²) >= 11 is 0. The van der Waals surface area contributed by atoms with Gasteiger partial charge in [-0.2, -0.15) is 0 Å². The van der Waals surface area contributed by atoms with Crippen LogP contribution in [0.15, 0.2) is 0 Å². The van der Waals surface area contributed by atoms with E-state index in [1.54, 1.807) is 6.92 Å². The zero-order valence-electron chi connectivity index (χ0n) is 10.4. The topological polar surface area (TPSA) is 52.6 Å². The number of ether oxygens (including phenoxy) is 2. The Morgan fingerprint density at radius 1 is 1.25 bits per heavy atom. The van der Waals surface area contributed by atoms with Crippen molar-refractivity contribution in [3.8, 4) is 0 Å². The van der Waals surface area contributed by atoms with Gasteiger partial charge in [-0.05, 0) is 12.8 Å². The predicted molar refractivity (Wildman–Crippen MR) is 58.9 cm³/mol. The average Bonchev–Trinajstić information content (AvgIpc) is 2.16. The number of esters is 1. The molecular weight excluding hydrogens is 208 g/mol. The third kappa shape index (κ3) is 3.30. The SMILES string of the molecule is CC(=O)CC1OCC(OC(C)=O)C(C)C1C. The molecule has 0 N–H and O–H groups in total. The molecule has 0 saturated carbocycles. The van der Waals surface area contributed by atoms with E-state index in [9.17, 15) is 9.59 Å². The van der Waals surface area contributed by atoms with Crippen molar-refractivity contribution in [2.24, 2.45) is 11.8 Å². The lowest BCUT2D eigenvalue weighted by Gasteiger charge is -2.38. The Morgan fingerprint density at radius 2 is 1.88 bits per heavy atom. The standard InChI is InChI=1S/C12H20O4/c1-7(13)5-11-8(2)9(3)12(6-15-11)16-10(4)14/h8-9,11-12H,5-6H2,1-4H3. The highest BCUT2D eigenvalue weighted by molar-refractivity contribution is 5.76. The fourth-order valence-electron chi connectivity index (χ4n) is 2.08. The number of hydrogen-bond acceptors (Lipinski definition) is 4. The van der Waals surface area contributed by atoms with Gasteiger partial charge in [0.05, 0.1) is 12.7 Å². The van der Waals surface area contributed by atoms with E-state index in [2.05, 4.69) is 0 Å². The van der Waals surface area contributed by atoms with Crippen LogP contribution in [0, 0.1) is 11.8 Å². The molecule has 0 aromatic rings. The second kappa shape index (κ2) is 5.43. The van der Waals surface area contributed by atoms with Gasteiger partial charge in [0.2, 0.25) is 0 Å². The zero-order valence-corrected chi connectivity index (χ0v) is 10.4. The first-order valence-electron chi connectivity index (χ1n) is 5.70. The van der Waals surface area contributed by atoms with Crippen LogP contribution in [0.4, 0.5) is 0 Å². The Labute approximate surface area is 96.3 Å². The molecule has 0 aromatic heterocycles. The third-order valence-corrected chi connectivity index (χ3v) is 3.28. The summed E-state index contributed by atoms with van der Waals surface area (Å²) in [7, 11) is 0. The normalized spacial score (nSPS) is 34.5. The van der Waals surface area contributed by atoms with Crippen molar-refractivity contribution in [2.75, 3.05) is 6.61 Å². The maximum atomic E-state index is 11.1. The van der Waals surface area contributed by atoms with Crippen LogP contribution >= 0.6 is 0 Å². The van der Waals surface area contributed by atoms with Crippen LogP contribution in [-0.4, -0.2) is 30.6 Å². The van der Waals surface area contributed by atoms with Gasteiger partial charge in [-0.1, -0.05) is 13.8 Å². The van der Waals surface area contributed by atoms with E-state index in [4.69, 9.17) is 9.47 Å². The largest absolute Gasteiger partial charge is 0.460 e. The van der Waals surface area contributed by atoms with E-state index in [1.807, 2.05) is 13.8 Å². The van der Waals surface area contributed by atoms with Crippen LogP contribution in [0.25, 0.3) is 0 Å². The minimum absolute atomic E-state index is 0.0423. The maximum absolute atomic E-state index is 11.1. The van der Waals surface area contributed by atoms with Crippen LogP contribution in [0.5, 0.6) is 0 Å². The number of carbonyl (C=O) groups is 2. The van der Waals surface area contributed by atoms with Crippen molar-refractivity contribution in [3.05, 3.63) is 0 Å². The van der Waals surface area contributed by atoms with Gasteiger partial charge in [-0.25, -0.2) is 0 Å². The fourth-order valence-corrected chi connectivity index (χ4v) is 2.08. The van der Waals surface area contributed by atoms with Crippen LogP contribution in [-0.2, 0) is 19.1 Å². The van der Waals surface area contributed by atoms with Crippen LogP contribution < -0.4 is 0 Å². The Kier molecular flexibility index (Phi) is 4.47. The van der Waals surface area contributed by atoms with Crippen molar-refractivity contribution in [1.29, 1.82) is 0 Å². The maximum Gasteiger partial charge on any atom is 0.302 e. The first kappa shape index (κ1) is 13.2. The molecule has 0 aliphatic carbocycles. The van der Waals surface area contributed by atoms with Gasteiger partial charge in [0.25, 0.3) is 0 Å². The van der Waals surface area contributed by atoms with Gasteiger partial charge in [-0.3, -0.25) is 9.59 Å². The molecular formula is C12H20O4. The summed E-state index contributed by atoms with van der Waals surface area (Å²) < 4.78 is 10.8. The minimum atomic E-state index is -0.280. The summed E-state index contributed by atoms with van der Waals surface area (Å²) in [5, 5.41) is 0. The first-order valence-corrected chi connectivity index (χ1v) is 5.70. The smallest absolute Gasteiger partial charge is 0.302 e. The van der Waals surface area contributed by atoms with Gasteiger partial charge in [0.1, 0.15) is 11.9 Å². The molecule has 1 aliphatic heterocycles. The summed E-state index contributed by atoms with van der Waals surface area (Å²) in [5.74, 6) is 0.302. The highest BCUT2D eigenvalue weighted by Gasteiger charge is 2.36. The second-order valence-electron chi connectivity index (χ2n) is 4.64. The van der Waals surface area contributed by atoms with Crippen molar-refractivity contribution in [2.45, 2.75) is 46.3 Å². The van der Waals surface area contributed by atoms with Crippen LogP contribution in [0.2, 0.25) is 0 Å². The molecule has 0 bridgehead atoms. The van der Waals surface area contributed by atoms with Gasteiger partial charge in [-0.15, -0.1) is 0 Å². The number of hydrogen-bond donors (Lipinski definition) is 0. The number of carbonyl (C=O) groups excluding carboxylic acids is 2. The molecule has 1 fully saturated rings. The predicted octanol–water partition coefficient (Wildman–Crippen LogP) is 1.57. The Balaban J connectivity index is 2.57. The zero-order chi connectivity index (χ0) is 12.3. The Morgan fingerprint density at radius 3 is 2.38 bits per heavy atom. The lowest BCUT2D eigenvalue weighted by molar-refractivity contribution is -0.171. The summed E-state index contributed by atoms with van der Waals surface area (Å²) in [6.07, 6.45) is 0.216.